The Labute approximate surface area is 140 Å². The van der Waals surface area contributed by atoms with Crippen LogP contribution in [0.5, 0.6) is 0 Å². The van der Waals surface area contributed by atoms with E-state index in [1.807, 2.05) is 12.1 Å². The maximum Gasteiger partial charge on any atom is 0.251 e. The SMILES string of the molecule is CCSc1cc(C(=O)NCCCCn2ccccc2=O)ccn1. The average molecular weight is 331 g/mol. The number of nitrogens with one attached hydrogen (secondary N) is 1. The second kappa shape index (κ2) is 9.15. The number of aromatic nitrogens is 2. The summed E-state index contributed by atoms with van der Waals surface area (Å²) in [5.41, 5.74) is 0.643. The highest BCUT2D eigenvalue weighted by molar-refractivity contribution is 7.99. The lowest BCUT2D eigenvalue weighted by molar-refractivity contribution is 0.0952. The normalized spacial score (nSPS) is 10.5. The van der Waals surface area contributed by atoms with Gasteiger partial charge in [-0.15, -0.1) is 11.8 Å². The highest BCUT2D eigenvalue weighted by atomic mass is 32.2. The lowest BCUT2D eigenvalue weighted by Crippen LogP contribution is -2.25. The van der Waals surface area contributed by atoms with E-state index in [1.54, 1.807) is 46.9 Å². The molecule has 0 saturated carbocycles. The van der Waals surface area contributed by atoms with Crippen LogP contribution < -0.4 is 10.9 Å². The highest BCUT2D eigenvalue weighted by Gasteiger charge is 2.06. The van der Waals surface area contributed by atoms with Crippen molar-refractivity contribution in [3.8, 4) is 0 Å². The number of rotatable bonds is 8. The van der Waals surface area contributed by atoms with E-state index >= 15 is 0 Å². The molecule has 0 unspecified atom stereocenters. The standard InChI is InChI=1S/C17H21N3O2S/c1-2-23-15-13-14(8-10-18-15)17(22)19-9-4-6-12-20-11-5-3-7-16(20)21/h3,5,7-8,10-11,13H,2,4,6,9,12H2,1H3,(H,19,22). The monoisotopic (exact) mass is 331 g/mol. The van der Waals surface area contributed by atoms with E-state index in [0.29, 0.717) is 18.7 Å². The topological polar surface area (TPSA) is 64.0 Å². The number of carbonyl (C=O) groups is 1. The van der Waals surface area contributed by atoms with Crippen molar-refractivity contribution in [1.82, 2.24) is 14.9 Å². The van der Waals surface area contributed by atoms with E-state index < -0.39 is 0 Å². The van der Waals surface area contributed by atoms with Gasteiger partial charge in [0.25, 0.3) is 5.91 Å². The van der Waals surface area contributed by atoms with Crippen LogP contribution in [0, 0.1) is 0 Å². The van der Waals surface area contributed by atoms with Gasteiger partial charge in [0, 0.05) is 37.1 Å². The fourth-order valence-electron chi connectivity index (χ4n) is 2.13. The van der Waals surface area contributed by atoms with Gasteiger partial charge in [0.2, 0.25) is 5.56 Å². The molecule has 1 amide bonds. The number of hydrogen-bond acceptors (Lipinski definition) is 4. The molecule has 0 spiro atoms. The zero-order valence-electron chi connectivity index (χ0n) is 13.2. The Morgan fingerprint density at radius 3 is 2.96 bits per heavy atom. The van der Waals surface area contributed by atoms with Crippen LogP contribution in [0.1, 0.15) is 30.1 Å². The number of unbranched alkanes of at least 4 members (excludes halogenated alkanes) is 1. The van der Waals surface area contributed by atoms with Crippen molar-refractivity contribution >= 4 is 17.7 Å². The molecule has 0 aliphatic rings. The summed E-state index contributed by atoms with van der Waals surface area (Å²) in [5.74, 6) is 0.846. The van der Waals surface area contributed by atoms with Crippen LogP contribution in [0.25, 0.3) is 0 Å². The van der Waals surface area contributed by atoms with Gasteiger partial charge in [-0.2, -0.15) is 0 Å². The molecule has 122 valence electrons. The Hall–Kier alpha value is -2.08. The van der Waals surface area contributed by atoms with Gasteiger partial charge < -0.3 is 9.88 Å². The molecule has 6 heteroatoms. The summed E-state index contributed by atoms with van der Waals surface area (Å²) < 4.78 is 1.68. The first kappa shape index (κ1) is 17.3. The molecule has 5 nitrogen and oxygen atoms in total. The molecule has 0 aliphatic carbocycles. The molecule has 1 N–H and O–H groups in total. The molecule has 0 atom stereocenters. The zero-order valence-corrected chi connectivity index (χ0v) is 14.0. The molecule has 0 radical (unpaired) electrons. The molecular formula is C17H21N3O2S. The van der Waals surface area contributed by atoms with Gasteiger partial charge in [0.05, 0.1) is 5.03 Å². The average Bonchev–Trinajstić information content (AvgIpc) is 2.56. The summed E-state index contributed by atoms with van der Waals surface area (Å²) in [5, 5.41) is 3.77. The van der Waals surface area contributed by atoms with E-state index in [0.717, 1.165) is 23.6 Å². The van der Waals surface area contributed by atoms with Crippen molar-refractivity contribution in [2.24, 2.45) is 0 Å². The third kappa shape index (κ3) is 5.56. The van der Waals surface area contributed by atoms with Crippen LogP contribution >= 0.6 is 11.8 Å². The number of hydrogen-bond donors (Lipinski definition) is 1. The largest absolute Gasteiger partial charge is 0.352 e. The summed E-state index contributed by atoms with van der Waals surface area (Å²) in [6.45, 7) is 3.32. The van der Waals surface area contributed by atoms with Crippen molar-refractivity contribution in [2.75, 3.05) is 12.3 Å². The molecule has 23 heavy (non-hydrogen) atoms. The summed E-state index contributed by atoms with van der Waals surface area (Å²) >= 11 is 1.61. The Morgan fingerprint density at radius 1 is 1.30 bits per heavy atom. The third-order valence-corrected chi connectivity index (χ3v) is 4.11. The summed E-state index contributed by atoms with van der Waals surface area (Å²) in [7, 11) is 0. The molecule has 0 aromatic carbocycles. The fourth-order valence-corrected chi connectivity index (χ4v) is 2.78. The predicted molar refractivity (Wildman–Crippen MR) is 92.9 cm³/mol. The van der Waals surface area contributed by atoms with Gasteiger partial charge in [0.1, 0.15) is 0 Å². The molecule has 0 bridgehead atoms. The number of carbonyl (C=O) groups excluding carboxylic acids is 1. The maximum absolute atomic E-state index is 12.1. The first-order chi connectivity index (χ1) is 11.2. The Kier molecular flexibility index (Phi) is 6.87. The quantitative estimate of drug-likeness (QED) is 0.596. The first-order valence-corrected chi connectivity index (χ1v) is 8.72. The molecular weight excluding hydrogens is 310 g/mol. The van der Waals surface area contributed by atoms with Crippen LogP contribution in [0.15, 0.2) is 52.5 Å². The third-order valence-electron chi connectivity index (χ3n) is 3.30. The first-order valence-electron chi connectivity index (χ1n) is 7.73. The number of amides is 1. The number of nitrogens with zero attached hydrogens (tertiary/aromatic N) is 2. The van der Waals surface area contributed by atoms with Gasteiger partial charge in [-0.25, -0.2) is 4.98 Å². The number of aryl methyl sites for hydroxylation is 1. The van der Waals surface area contributed by atoms with Crippen molar-refractivity contribution in [1.29, 1.82) is 0 Å². The van der Waals surface area contributed by atoms with Crippen LogP contribution in [0.2, 0.25) is 0 Å². The molecule has 0 fully saturated rings. The van der Waals surface area contributed by atoms with E-state index in [1.165, 1.54) is 0 Å². The minimum atomic E-state index is -0.0813. The van der Waals surface area contributed by atoms with E-state index in [2.05, 4.69) is 17.2 Å². The zero-order chi connectivity index (χ0) is 16.5. The number of pyridine rings is 2. The summed E-state index contributed by atoms with van der Waals surface area (Å²) in [6.07, 6.45) is 5.12. The molecule has 2 heterocycles. The van der Waals surface area contributed by atoms with Crippen molar-refractivity contribution in [2.45, 2.75) is 31.3 Å². The Balaban J connectivity index is 1.74. The maximum atomic E-state index is 12.1. The van der Waals surface area contributed by atoms with Crippen molar-refractivity contribution in [3.05, 3.63) is 58.6 Å². The van der Waals surface area contributed by atoms with Crippen LogP contribution in [0.4, 0.5) is 0 Å². The predicted octanol–water partition coefficient (Wildman–Crippen LogP) is 2.57. The summed E-state index contributed by atoms with van der Waals surface area (Å²) in [4.78, 5) is 27.8. The minimum absolute atomic E-state index is 0.00859. The van der Waals surface area contributed by atoms with Gasteiger partial charge >= 0.3 is 0 Å². The Morgan fingerprint density at radius 2 is 2.17 bits per heavy atom. The second-order valence-electron chi connectivity index (χ2n) is 5.01. The van der Waals surface area contributed by atoms with Gasteiger partial charge in [-0.1, -0.05) is 13.0 Å². The molecule has 0 saturated heterocycles. The van der Waals surface area contributed by atoms with Gasteiger partial charge in [-0.05, 0) is 36.8 Å². The molecule has 2 rings (SSSR count). The fraction of sp³-hybridized carbons (Fsp3) is 0.353. The lowest BCUT2D eigenvalue weighted by atomic mass is 10.2. The number of thioether (sulfide) groups is 1. The summed E-state index contributed by atoms with van der Waals surface area (Å²) in [6, 6.07) is 8.67. The van der Waals surface area contributed by atoms with Crippen LogP contribution in [-0.4, -0.2) is 27.8 Å². The van der Waals surface area contributed by atoms with Crippen LogP contribution in [0.3, 0.4) is 0 Å². The Bertz CT molecular complexity index is 700. The van der Waals surface area contributed by atoms with E-state index in [-0.39, 0.29) is 11.5 Å². The van der Waals surface area contributed by atoms with Crippen molar-refractivity contribution in [3.63, 3.8) is 0 Å². The lowest BCUT2D eigenvalue weighted by Gasteiger charge is -2.07. The van der Waals surface area contributed by atoms with Crippen LogP contribution in [-0.2, 0) is 6.54 Å². The van der Waals surface area contributed by atoms with Gasteiger partial charge in [0.15, 0.2) is 0 Å². The molecule has 2 aromatic heterocycles. The van der Waals surface area contributed by atoms with Gasteiger partial charge in [-0.3, -0.25) is 9.59 Å². The van der Waals surface area contributed by atoms with E-state index in [4.69, 9.17) is 0 Å². The molecule has 0 aliphatic heterocycles. The smallest absolute Gasteiger partial charge is 0.251 e. The van der Waals surface area contributed by atoms with E-state index in [9.17, 15) is 9.59 Å². The highest BCUT2D eigenvalue weighted by Crippen LogP contribution is 2.15. The minimum Gasteiger partial charge on any atom is -0.352 e. The molecule has 2 aromatic rings. The van der Waals surface area contributed by atoms with Crippen molar-refractivity contribution < 1.29 is 4.79 Å². The second-order valence-corrected chi connectivity index (χ2v) is 6.30.